The second-order valence-electron chi connectivity index (χ2n) is 6.72. The monoisotopic (exact) mass is 394 g/mol. The fourth-order valence-electron chi connectivity index (χ4n) is 3.26. The van der Waals surface area contributed by atoms with Crippen molar-refractivity contribution in [2.75, 3.05) is 44.6 Å². The molecule has 1 aliphatic heterocycles. The van der Waals surface area contributed by atoms with Gasteiger partial charge in [0.15, 0.2) is 5.82 Å². The van der Waals surface area contributed by atoms with Gasteiger partial charge in [-0.05, 0) is 29.8 Å². The van der Waals surface area contributed by atoms with Crippen molar-refractivity contribution >= 4 is 17.4 Å². The predicted octanol–water partition coefficient (Wildman–Crippen LogP) is 3.18. The molecule has 0 spiro atoms. The molecular formula is C21H23ClN6. The van der Waals surface area contributed by atoms with Crippen LogP contribution in [0.5, 0.6) is 0 Å². The van der Waals surface area contributed by atoms with Crippen LogP contribution in [0.2, 0.25) is 5.02 Å². The Kier molecular flexibility index (Phi) is 6.11. The summed E-state index contributed by atoms with van der Waals surface area (Å²) in [5.41, 5.74) is 2.90. The van der Waals surface area contributed by atoms with Crippen molar-refractivity contribution in [3.63, 3.8) is 0 Å². The van der Waals surface area contributed by atoms with E-state index in [2.05, 4.69) is 25.5 Å². The lowest BCUT2D eigenvalue weighted by molar-refractivity contribution is 0.249. The first kappa shape index (κ1) is 18.8. The smallest absolute Gasteiger partial charge is 0.163 e. The number of halogens is 1. The lowest BCUT2D eigenvalue weighted by atomic mass is 10.1. The van der Waals surface area contributed by atoms with Crippen LogP contribution in [-0.4, -0.2) is 59.1 Å². The minimum Gasteiger partial charge on any atom is -0.368 e. The van der Waals surface area contributed by atoms with Gasteiger partial charge in [-0.1, -0.05) is 23.7 Å². The van der Waals surface area contributed by atoms with Gasteiger partial charge in [-0.25, -0.2) is 9.97 Å². The van der Waals surface area contributed by atoms with Crippen molar-refractivity contribution < 1.29 is 0 Å². The Balaban J connectivity index is 1.58. The zero-order chi connectivity index (χ0) is 19.2. The number of anilines is 1. The average Bonchev–Trinajstić information content (AvgIpc) is 2.76. The van der Waals surface area contributed by atoms with Gasteiger partial charge in [0.1, 0.15) is 5.82 Å². The molecule has 0 aliphatic carbocycles. The number of hydrogen-bond acceptors (Lipinski definition) is 6. The molecule has 1 saturated heterocycles. The highest BCUT2D eigenvalue weighted by atomic mass is 35.5. The van der Waals surface area contributed by atoms with Crippen LogP contribution in [0.3, 0.4) is 0 Å². The van der Waals surface area contributed by atoms with Crippen molar-refractivity contribution in [2.45, 2.75) is 0 Å². The van der Waals surface area contributed by atoms with Crippen molar-refractivity contribution in [2.24, 2.45) is 0 Å². The highest BCUT2D eigenvalue weighted by Crippen LogP contribution is 2.28. The molecule has 2 aromatic heterocycles. The van der Waals surface area contributed by atoms with E-state index in [-0.39, 0.29) is 0 Å². The first-order valence-electron chi connectivity index (χ1n) is 9.50. The topological polar surface area (TPSA) is 66.0 Å². The van der Waals surface area contributed by atoms with E-state index in [0.29, 0.717) is 10.8 Å². The molecule has 3 aromatic rings. The van der Waals surface area contributed by atoms with E-state index in [1.807, 2.05) is 42.6 Å². The van der Waals surface area contributed by atoms with Crippen LogP contribution in [0.25, 0.3) is 22.5 Å². The number of piperazine rings is 1. The summed E-state index contributed by atoms with van der Waals surface area (Å²) < 4.78 is 0. The largest absolute Gasteiger partial charge is 0.368 e. The fourth-order valence-corrected chi connectivity index (χ4v) is 3.38. The van der Waals surface area contributed by atoms with E-state index in [9.17, 15) is 0 Å². The molecule has 0 radical (unpaired) electrons. The molecule has 0 saturated carbocycles. The molecule has 1 fully saturated rings. The van der Waals surface area contributed by atoms with Gasteiger partial charge in [-0.15, -0.1) is 0 Å². The quantitative estimate of drug-likeness (QED) is 0.669. The van der Waals surface area contributed by atoms with E-state index in [1.165, 1.54) is 0 Å². The first-order chi connectivity index (χ1) is 13.8. The Morgan fingerprint density at radius 3 is 2.61 bits per heavy atom. The molecule has 144 valence electrons. The molecule has 0 bridgehead atoms. The number of pyridine rings is 1. The van der Waals surface area contributed by atoms with Gasteiger partial charge in [0.2, 0.25) is 0 Å². The number of aromatic nitrogens is 3. The van der Waals surface area contributed by atoms with E-state index < -0.39 is 0 Å². The number of hydrogen-bond donors (Lipinski definition) is 2. The number of nitrogens with one attached hydrogen (secondary N) is 2. The van der Waals surface area contributed by atoms with Crippen LogP contribution >= 0.6 is 11.6 Å². The molecule has 28 heavy (non-hydrogen) atoms. The Hall–Kier alpha value is -2.54. The lowest BCUT2D eigenvalue weighted by Crippen LogP contribution is -2.45. The molecular weight excluding hydrogens is 372 g/mol. The summed E-state index contributed by atoms with van der Waals surface area (Å²) in [6, 6.07) is 11.6. The lowest BCUT2D eigenvalue weighted by Gasteiger charge is -2.27. The van der Waals surface area contributed by atoms with Crippen LogP contribution in [-0.2, 0) is 0 Å². The minimum atomic E-state index is 0.662. The third-order valence-corrected chi connectivity index (χ3v) is 5.05. The average molecular weight is 395 g/mol. The summed E-state index contributed by atoms with van der Waals surface area (Å²) in [6.45, 7) is 6.06. The summed E-state index contributed by atoms with van der Waals surface area (Å²) in [5, 5.41) is 7.61. The van der Waals surface area contributed by atoms with Gasteiger partial charge in [0.25, 0.3) is 0 Å². The van der Waals surface area contributed by atoms with Crippen LogP contribution < -0.4 is 10.6 Å². The highest BCUT2D eigenvalue weighted by molar-refractivity contribution is 6.30. The Labute approximate surface area is 170 Å². The molecule has 4 rings (SSSR count). The molecule has 0 atom stereocenters. The maximum absolute atomic E-state index is 6.05. The Morgan fingerprint density at radius 1 is 1.04 bits per heavy atom. The molecule has 0 unspecified atom stereocenters. The van der Waals surface area contributed by atoms with Gasteiger partial charge >= 0.3 is 0 Å². The fraction of sp³-hybridized carbons (Fsp3) is 0.286. The van der Waals surface area contributed by atoms with Crippen molar-refractivity contribution in [3.8, 4) is 22.5 Å². The second-order valence-corrected chi connectivity index (χ2v) is 7.16. The zero-order valence-corrected chi connectivity index (χ0v) is 16.4. The maximum Gasteiger partial charge on any atom is 0.163 e. The predicted molar refractivity (Wildman–Crippen MR) is 114 cm³/mol. The van der Waals surface area contributed by atoms with Gasteiger partial charge in [-0.2, -0.15) is 0 Å². The van der Waals surface area contributed by atoms with E-state index >= 15 is 0 Å². The molecule has 7 heteroatoms. The third kappa shape index (κ3) is 4.65. The second kappa shape index (κ2) is 9.10. The van der Waals surface area contributed by atoms with Crippen LogP contribution in [0.15, 0.2) is 55.0 Å². The summed E-state index contributed by atoms with van der Waals surface area (Å²) >= 11 is 6.05. The maximum atomic E-state index is 6.05. The Bertz CT molecular complexity index is 895. The van der Waals surface area contributed by atoms with Crippen LogP contribution in [0.4, 0.5) is 5.82 Å². The molecule has 2 N–H and O–H groups in total. The zero-order valence-electron chi connectivity index (χ0n) is 15.6. The van der Waals surface area contributed by atoms with Gasteiger partial charge in [-0.3, -0.25) is 9.88 Å². The van der Waals surface area contributed by atoms with Crippen molar-refractivity contribution in [1.82, 2.24) is 25.2 Å². The van der Waals surface area contributed by atoms with Crippen molar-refractivity contribution in [3.05, 3.63) is 60.0 Å². The number of rotatable bonds is 6. The summed E-state index contributed by atoms with van der Waals surface area (Å²) in [7, 11) is 0. The summed E-state index contributed by atoms with van der Waals surface area (Å²) in [5.74, 6) is 1.49. The SMILES string of the molecule is Clc1ccc(-c2cnc(-c3cccnc3)nc2NCCN2CCNCC2)cc1. The first-order valence-corrected chi connectivity index (χ1v) is 9.88. The van der Waals surface area contributed by atoms with Crippen LogP contribution in [0, 0.1) is 0 Å². The van der Waals surface area contributed by atoms with E-state index in [1.54, 1.807) is 12.4 Å². The highest BCUT2D eigenvalue weighted by Gasteiger charge is 2.13. The Morgan fingerprint density at radius 2 is 1.86 bits per heavy atom. The third-order valence-electron chi connectivity index (χ3n) is 4.79. The van der Waals surface area contributed by atoms with E-state index in [0.717, 1.165) is 61.8 Å². The number of nitrogens with zero attached hydrogens (tertiary/aromatic N) is 4. The summed E-state index contributed by atoms with van der Waals surface area (Å²) in [4.78, 5) is 16.0. The minimum absolute atomic E-state index is 0.662. The standard InChI is InChI=1S/C21H23ClN6/c22-18-5-3-16(4-6-18)19-15-26-20(17-2-1-7-24-14-17)27-21(19)25-10-13-28-11-8-23-9-12-28/h1-7,14-15,23H,8-13H2,(H,25,26,27). The molecule has 0 amide bonds. The van der Waals surface area contributed by atoms with Gasteiger partial charge < -0.3 is 10.6 Å². The normalized spacial score (nSPS) is 14.8. The van der Waals surface area contributed by atoms with E-state index in [4.69, 9.17) is 16.6 Å². The van der Waals surface area contributed by atoms with Crippen LogP contribution in [0.1, 0.15) is 0 Å². The molecule has 1 aliphatic rings. The molecule has 3 heterocycles. The van der Waals surface area contributed by atoms with Crippen molar-refractivity contribution in [1.29, 1.82) is 0 Å². The summed E-state index contributed by atoms with van der Waals surface area (Å²) in [6.07, 6.45) is 5.39. The number of benzene rings is 1. The molecule has 6 nitrogen and oxygen atoms in total. The van der Waals surface area contributed by atoms with Gasteiger partial charge in [0.05, 0.1) is 0 Å². The molecule has 1 aromatic carbocycles. The van der Waals surface area contributed by atoms with Gasteiger partial charge in [0, 0.05) is 74.0 Å².